The summed E-state index contributed by atoms with van der Waals surface area (Å²) in [4.78, 5) is 12.5. The first-order valence-electron chi connectivity index (χ1n) is 9.11. The molecule has 0 heterocycles. The minimum Gasteiger partial charge on any atom is -0.506 e. The molecule has 0 unspecified atom stereocenters. The summed E-state index contributed by atoms with van der Waals surface area (Å²) >= 11 is 0. The monoisotopic (exact) mass is 410 g/mol. The topological polar surface area (TPSA) is 86.7 Å². The zero-order chi connectivity index (χ0) is 21.0. The number of anilines is 2. The maximum absolute atomic E-state index is 13.0. The second-order valence-electron chi connectivity index (χ2n) is 6.50. The van der Waals surface area contributed by atoms with Crippen molar-refractivity contribution in [3.05, 3.63) is 83.9 Å². The number of rotatable bonds is 6. The van der Waals surface area contributed by atoms with Crippen LogP contribution in [0.25, 0.3) is 0 Å². The van der Waals surface area contributed by atoms with Gasteiger partial charge in [-0.05, 0) is 67.9 Å². The lowest BCUT2D eigenvalue weighted by Crippen LogP contribution is -2.30. The zero-order valence-electron chi connectivity index (χ0n) is 16.2. The minimum absolute atomic E-state index is 0.0287. The summed E-state index contributed by atoms with van der Waals surface area (Å²) in [6.45, 7) is 3.88. The van der Waals surface area contributed by atoms with E-state index in [2.05, 4.69) is 5.32 Å². The van der Waals surface area contributed by atoms with E-state index in [1.54, 1.807) is 49.4 Å². The van der Waals surface area contributed by atoms with E-state index in [0.717, 1.165) is 5.56 Å². The van der Waals surface area contributed by atoms with Gasteiger partial charge in [0.2, 0.25) is 0 Å². The van der Waals surface area contributed by atoms with Gasteiger partial charge in [-0.15, -0.1) is 0 Å². The first-order valence-corrected chi connectivity index (χ1v) is 10.6. The Morgan fingerprint density at radius 1 is 1.00 bits per heavy atom. The number of nitrogens with zero attached hydrogens (tertiary/aromatic N) is 1. The van der Waals surface area contributed by atoms with Crippen molar-refractivity contribution >= 4 is 27.3 Å². The zero-order valence-corrected chi connectivity index (χ0v) is 17.0. The Balaban J connectivity index is 1.82. The second-order valence-corrected chi connectivity index (χ2v) is 8.37. The smallest absolute Gasteiger partial charge is 0.264 e. The fraction of sp³-hybridized carbons (Fsp3) is 0.136. The molecule has 0 atom stereocenters. The third-order valence-electron chi connectivity index (χ3n) is 4.44. The highest BCUT2D eigenvalue weighted by Crippen LogP contribution is 2.26. The number of nitrogens with one attached hydrogen (secondary N) is 1. The van der Waals surface area contributed by atoms with Crippen LogP contribution >= 0.6 is 0 Å². The Hall–Kier alpha value is -3.32. The van der Waals surface area contributed by atoms with Gasteiger partial charge in [-0.1, -0.05) is 24.3 Å². The molecular formula is C22H22N2O4S. The van der Waals surface area contributed by atoms with E-state index in [1.165, 1.54) is 28.6 Å². The standard InChI is InChI=1S/C22H22N2O4S/c1-3-24(18-7-5-4-6-8-18)29(27,28)19-12-10-17(11-13-19)22(26)23-20-14-9-16(2)15-21(20)25/h4-15,25H,3H2,1-2H3,(H,23,26). The summed E-state index contributed by atoms with van der Waals surface area (Å²) in [6, 6.07) is 19.5. The van der Waals surface area contributed by atoms with Crippen molar-refractivity contribution in [3.8, 4) is 5.75 Å². The number of para-hydroxylation sites is 1. The van der Waals surface area contributed by atoms with Crippen LogP contribution in [0, 0.1) is 6.92 Å². The number of phenols is 1. The Kier molecular flexibility index (Phi) is 5.89. The SMILES string of the molecule is CCN(c1ccccc1)S(=O)(=O)c1ccc(C(=O)Nc2ccc(C)cc2O)cc1. The number of benzene rings is 3. The van der Waals surface area contributed by atoms with Crippen molar-refractivity contribution in [3.63, 3.8) is 0 Å². The van der Waals surface area contributed by atoms with Crippen molar-refractivity contribution in [2.45, 2.75) is 18.7 Å². The first kappa shape index (κ1) is 20.4. The molecular weight excluding hydrogens is 388 g/mol. The molecule has 2 N–H and O–H groups in total. The van der Waals surface area contributed by atoms with Gasteiger partial charge in [-0.25, -0.2) is 8.42 Å². The fourth-order valence-corrected chi connectivity index (χ4v) is 4.41. The fourth-order valence-electron chi connectivity index (χ4n) is 2.93. The van der Waals surface area contributed by atoms with E-state index >= 15 is 0 Å². The molecule has 3 aromatic carbocycles. The predicted octanol–water partition coefficient (Wildman–Crippen LogP) is 4.17. The molecule has 1 amide bonds. The summed E-state index contributed by atoms with van der Waals surface area (Å²) in [6.07, 6.45) is 0. The maximum atomic E-state index is 13.0. The highest BCUT2D eigenvalue weighted by molar-refractivity contribution is 7.92. The molecule has 0 radical (unpaired) electrons. The highest BCUT2D eigenvalue weighted by atomic mass is 32.2. The molecule has 0 aliphatic heterocycles. The van der Waals surface area contributed by atoms with Gasteiger partial charge in [0.05, 0.1) is 16.3 Å². The maximum Gasteiger partial charge on any atom is 0.264 e. The number of sulfonamides is 1. The molecule has 0 aliphatic carbocycles. The largest absolute Gasteiger partial charge is 0.506 e. The molecule has 3 rings (SSSR count). The van der Waals surface area contributed by atoms with Crippen LogP contribution in [0.15, 0.2) is 77.7 Å². The Morgan fingerprint density at radius 2 is 1.66 bits per heavy atom. The Morgan fingerprint density at radius 3 is 2.24 bits per heavy atom. The minimum atomic E-state index is -3.76. The van der Waals surface area contributed by atoms with Gasteiger partial charge < -0.3 is 10.4 Å². The lowest BCUT2D eigenvalue weighted by atomic mass is 10.2. The number of carbonyl (C=O) groups is 1. The molecule has 0 spiro atoms. The van der Waals surface area contributed by atoms with Crippen LogP contribution in [0.1, 0.15) is 22.8 Å². The first-order chi connectivity index (χ1) is 13.8. The third kappa shape index (κ3) is 4.41. The molecule has 0 bridgehead atoms. The number of hydrogen-bond donors (Lipinski definition) is 2. The Labute approximate surface area is 170 Å². The number of phenolic OH excluding ortho intramolecular Hbond substituents is 1. The van der Waals surface area contributed by atoms with E-state index in [0.29, 0.717) is 11.4 Å². The van der Waals surface area contributed by atoms with Crippen molar-refractivity contribution in [2.24, 2.45) is 0 Å². The van der Waals surface area contributed by atoms with Gasteiger partial charge in [0, 0.05) is 12.1 Å². The molecule has 150 valence electrons. The summed E-state index contributed by atoms with van der Waals surface area (Å²) in [5, 5.41) is 12.6. The van der Waals surface area contributed by atoms with Gasteiger partial charge in [0.15, 0.2) is 0 Å². The normalized spacial score (nSPS) is 11.1. The lowest BCUT2D eigenvalue weighted by molar-refractivity contribution is 0.102. The molecule has 0 aromatic heterocycles. The second kappa shape index (κ2) is 8.36. The molecule has 0 fully saturated rings. The number of amides is 1. The summed E-state index contributed by atoms with van der Waals surface area (Å²) < 4.78 is 27.3. The molecule has 29 heavy (non-hydrogen) atoms. The quantitative estimate of drug-likeness (QED) is 0.597. The van der Waals surface area contributed by atoms with Crippen LogP contribution in [-0.4, -0.2) is 26.0 Å². The molecule has 0 aliphatic rings. The number of hydrogen-bond acceptors (Lipinski definition) is 4. The molecule has 6 nitrogen and oxygen atoms in total. The highest BCUT2D eigenvalue weighted by Gasteiger charge is 2.23. The van der Waals surface area contributed by atoms with Gasteiger partial charge in [-0.3, -0.25) is 9.10 Å². The van der Waals surface area contributed by atoms with E-state index in [9.17, 15) is 18.3 Å². The van der Waals surface area contributed by atoms with Crippen molar-refractivity contribution < 1.29 is 18.3 Å². The van der Waals surface area contributed by atoms with Gasteiger partial charge >= 0.3 is 0 Å². The third-order valence-corrected chi connectivity index (χ3v) is 6.35. The van der Waals surface area contributed by atoms with E-state index in [1.807, 2.05) is 13.0 Å². The molecule has 0 saturated heterocycles. The van der Waals surface area contributed by atoms with E-state index in [4.69, 9.17) is 0 Å². The average molecular weight is 410 g/mol. The van der Waals surface area contributed by atoms with Crippen LogP contribution in [0.2, 0.25) is 0 Å². The van der Waals surface area contributed by atoms with Crippen molar-refractivity contribution in [2.75, 3.05) is 16.2 Å². The Bertz CT molecular complexity index is 1110. The summed E-state index contributed by atoms with van der Waals surface area (Å²) in [7, 11) is -3.76. The predicted molar refractivity (Wildman–Crippen MR) is 114 cm³/mol. The molecule has 0 saturated carbocycles. The number of carbonyl (C=O) groups excluding carboxylic acids is 1. The molecule has 7 heteroatoms. The average Bonchev–Trinajstić information content (AvgIpc) is 2.71. The summed E-state index contributed by atoms with van der Waals surface area (Å²) in [5.41, 5.74) is 2.02. The van der Waals surface area contributed by atoms with Crippen LogP contribution in [0.4, 0.5) is 11.4 Å². The van der Waals surface area contributed by atoms with Crippen molar-refractivity contribution in [1.29, 1.82) is 0 Å². The number of aryl methyl sites for hydroxylation is 1. The van der Waals surface area contributed by atoms with Crippen LogP contribution < -0.4 is 9.62 Å². The van der Waals surface area contributed by atoms with Crippen LogP contribution in [-0.2, 0) is 10.0 Å². The lowest BCUT2D eigenvalue weighted by Gasteiger charge is -2.23. The van der Waals surface area contributed by atoms with Gasteiger partial charge in [-0.2, -0.15) is 0 Å². The summed E-state index contributed by atoms with van der Waals surface area (Å²) in [5.74, 6) is -0.470. The van der Waals surface area contributed by atoms with Crippen molar-refractivity contribution in [1.82, 2.24) is 0 Å². The van der Waals surface area contributed by atoms with Gasteiger partial charge in [0.25, 0.3) is 15.9 Å². The van der Waals surface area contributed by atoms with Gasteiger partial charge in [0.1, 0.15) is 5.75 Å². The molecule has 3 aromatic rings. The van der Waals surface area contributed by atoms with E-state index in [-0.39, 0.29) is 22.8 Å². The van der Waals surface area contributed by atoms with Crippen LogP contribution in [0.3, 0.4) is 0 Å². The van der Waals surface area contributed by atoms with E-state index < -0.39 is 15.9 Å². The number of aromatic hydroxyl groups is 1. The van der Waals surface area contributed by atoms with Crippen LogP contribution in [0.5, 0.6) is 5.75 Å².